The normalized spacial score (nSPS) is 11.4. The first kappa shape index (κ1) is 10.1. The Morgan fingerprint density at radius 2 is 2.05 bits per heavy atom. The molecule has 3 heterocycles. The molecule has 0 unspecified atom stereocenters. The third kappa shape index (κ3) is 1.48. The van der Waals surface area contributed by atoms with Gasteiger partial charge >= 0.3 is 0 Å². The van der Waals surface area contributed by atoms with Crippen molar-refractivity contribution >= 4 is 16.6 Å². The maximum absolute atomic E-state index is 5.33. The molecule has 92 valence electrons. The van der Waals surface area contributed by atoms with Gasteiger partial charge in [-0.25, -0.2) is 14.5 Å². The molecule has 0 aliphatic rings. The van der Waals surface area contributed by atoms with Gasteiger partial charge in [-0.3, -0.25) is 0 Å². The molecule has 4 aromatic rings. The Balaban J connectivity index is 2.03. The van der Waals surface area contributed by atoms with E-state index in [0.29, 0.717) is 17.6 Å². The molecule has 0 N–H and O–H groups in total. The van der Waals surface area contributed by atoms with Crippen LogP contribution in [0.25, 0.3) is 28.3 Å². The Morgan fingerprint density at radius 3 is 2.89 bits per heavy atom. The minimum absolute atomic E-state index is 0.310. The van der Waals surface area contributed by atoms with Crippen molar-refractivity contribution in [2.24, 2.45) is 0 Å². The molecule has 0 radical (unpaired) electrons. The zero-order valence-corrected chi connectivity index (χ0v) is 9.98. The quantitative estimate of drug-likeness (QED) is 0.512. The van der Waals surface area contributed by atoms with Crippen LogP contribution in [-0.2, 0) is 0 Å². The van der Waals surface area contributed by atoms with Crippen molar-refractivity contribution in [3.8, 4) is 11.7 Å². The molecule has 0 aliphatic heterocycles. The lowest BCUT2D eigenvalue weighted by Crippen LogP contribution is -1.90. The zero-order chi connectivity index (χ0) is 12.8. The number of aromatic nitrogens is 6. The Morgan fingerprint density at radius 1 is 1.16 bits per heavy atom. The van der Waals surface area contributed by atoms with Gasteiger partial charge in [0.15, 0.2) is 5.65 Å². The topological polar surface area (TPSA) is 82.0 Å². The van der Waals surface area contributed by atoms with E-state index in [1.807, 2.05) is 24.3 Å². The van der Waals surface area contributed by atoms with Crippen molar-refractivity contribution in [3.05, 3.63) is 36.5 Å². The number of nitrogens with zero attached hydrogens (tertiary/aromatic N) is 6. The van der Waals surface area contributed by atoms with Crippen LogP contribution in [0.5, 0.6) is 0 Å². The molecule has 3 aromatic heterocycles. The fourth-order valence-corrected chi connectivity index (χ4v) is 1.96. The minimum atomic E-state index is 0.310. The van der Waals surface area contributed by atoms with Crippen LogP contribution in [-0.4, -0.2) is 29.8 Å². The van der Waals surface area contributed by atoms with Gasteiger partial charge in [0, 0.05) is 12.3 Å². The minimum Gasteiger partial charge on any atom is -0.418 e. The first-order chi connectivity index (χ1) is 9.31. The Bertz CT molecular complexity index is 893. The molecule has 7 heteroatoms. The highest BCUT2D eigenvalue weighted by Crippen LogP contribution is 2.19. The number of para-hydroxylation sites is 1. The summed E-state index contributed by atoms with van der Waals surface area (Å²) in [5.41, 5.74) is 1.59. The molecule has 19 heavy (non-hydrogen) atoms. The second kappa shape index (κ2) is 3.58. The number of hydrogen-bond acceptors (Lipinski definition) is 6. The van der Waals surface area contributed by atoms with Crippen molar-refractivity contribution in [1.29, 1.82) is 0 Å². The van der Waals surface area contributed by atoms with Crippen LogP contribution >= 0.6 is 0 Å². The Hall–Kier alpha value is -2.83. The maximum Gasteiger partial charge on any atom is 0.287 e. The molecule has 7 nitrogen and oxygen atoms in total. The first-order valence-corrected chi connectivity index (χ1v) is 5.72. The molecule has 0 bridgehead atoms. The summed E-state index contributed by atoms with van der Waals surface area (Å²) in [4.78, 5) is 8.76. The second-order valence-corrected chi connectivity index (χ2v) is 4.09. The molecular weight excluding hydrogens is 244 g/mol. The zero-order valence-electron chi connectivity index (χ0n) is 9.98. The molecule has 0 saturated heterocycles. The van der Waals surface area contributed by atoms with Gasteiger partial charge in [-0.15, -0.1) is 15.3 Å². The number of hydrogen-bond donors (Lipinski definition) is 0. The lowest BCUT2D eigenvalue weighted by molar-refractivity contribution is 0.528. The van der Waals surface area contributed by atoms with E-state index in [0.717, 1.165) is 16.6 Å². The number of fused-ring (bicyclic) bond motifs is 3. The van der Waals surface area contributed by atoms with E-state index in [9.17, 15) is 0 Å². The first-order valence-electron chi connectivity index (χ1n) is 5.72. The summed E-state index contributed by atoms with van der Waals surface area (Å²) in [6.45, 7) is 1.73. The van der Waals surface area contributed by atoms with Crippen LogP contribution < -0.4 is 0 Å². The SMILES string of the molecule is Cc1nnc(-c2nc3c4ccccc4ncn3n2)o1. The third-order valence-electron chi connectivity index (χ3n) is 2.80. The molecule has 4 rings (SSSR count). The van der Waals surface area contributed by atoms with E-state index in [1.54, 1.807) is 17.8 Å². The van der Waals surface area contributed by atoms with Crippen molar-refractivity contribution in [1.82, 2.24) is 29.8 Å². The van der Waals surface area contributed by atoms with Crippen molar-refractivity contribution in [2.75, 3.05) is 0 Å². The van der Waals surface area contributed by atoms with Gasteiger partial charge in [0.1, 0.15) is 6.33 Å². The molecule has 0 atom stereocenters. The Labute approximate surface area is 106 Å². The van der Waals surface area contributed by atoms with E-state index in [4.69, 9.17) is 4.42 Å². The van der Waals surface area contributed by atoms with Crippen LogP contribution in [0, 0.1) is 6.92 Å². The molecule has 0 fully saturated rings. The molecular formula is C12H8N6O. The van der Waals surface area contributed by atoms with E-state index in [2.05, 4.69) is 25.3 Å². The average molecular weight is 252 g/mol. The summed E-state index contributed by atoms with van der Waals surface area (Å²) in [6, 6.07) is 7.76. The standard InChI is InChI=1S/C12H8N6O/c1-7-15-16-12(19-7)10-14-11-8-4-2-3-5-9(8)13-6-18(11)17-10/h2-6H,1H3. The van der Waals surface area contributed by atoms with E-state index < -0.39 is 0 Å². The lowest BCUT2D eigenvalue weighted by atomic mass is 10.2. The van der Waals surface area contributed by atoms with Gasteiger partial charge in [-0.1, -0.05) is 12.1 Å². The van der Waals surface area contributed by atoms with Crippen LogP contribution in [0.2, 0.25) is 0 Å². The Kier molecular flexibility index (Phi) is 1.91. The van der Waals surface area contributed by atoms with Crippen LogP contribution in [0.1, 0.15) is 5.89 Å². The summed E-state index contributed by atoms with van der Waals surface area (Å²) in [7, 11) is 0. The van der Waals surface area contributed by atoms with Gasteiger partial charge in [0.2, 0.25) is 11.7 Å². The second-order valence-electron chi connectivity index (χ2n) is 4.09. The highest BCUT2D eigenvalue weighted by molar-refractivity contribution is 5.91. The summed E-state index contributed by atoms with van der Waals surface area (Å²) in [5.74, 6) is 1.20. The maximum atomic E-state index is 5.33. The van der Waals surface area contributed by atoms with Gasteiger partial charge in [0.05, 0.1) is 5.52 Å². The monoisotopic (exact) mass is 252 g/mol. The predicted octanol–water partition coefficient (Wildman–Crippen LogP) is 1.64. The van der Waals surface area contributed by atoms with E-state index >= 15 is 0 Å². The molecule has 0 spiro atoms. The van der Waals surface area contributed by atoms with Crippen molar-refractivity contribution in [3.63, 3.8) is 0 Å². The molecule has 1 aromatic carbocycles. The van der Waals surface area contributed by atoms with Crippen LogP contribution in [0.4, 0.5) is 0 Å². The largest absolute Gasteiger partial charge is 0.418 e. The van der Waals surface area contributed by atoms with Gasteiger partial charge in [0.25, 0.3) is 5.89 Å². The number of benzene rings is 1. The smallest absolute Gasteiger partial charge is 0.287 e. The van der Waals surface area contributed by atoms with Gasteiger partial charge < -0.3 is 4.42 Å². The van der Waals surface area contributed by atoms with E-state index in [1.165, 1.54) is 0 Å². The molecule has 0 saturated carbocycles. The summed E-state index contributed by atoms with van der Waals surface area (Å²) >= 11 is 0. The highest BCUT2D eigenvalue weighted by Gasteiger charge is 2.14. The van der Waals surface area contributed by atoms with E-state index in [-0.39, 0.29) is 0 Å². The summed E-state index contributed by atoms with van der Waals surface area (Å²) < 4.78 is 6.94. The van der Waals surface area contributed by atoms with Crippen molar-refractivity contribution in [2.45, 2.75) is 6.92 Å². The molecule has 0 aliphatic carbocycles. The summed E-state index contributed by atoms with van der Waals surface area (Å²) in [5, 5.41) is 12.9. The predicted molar refractivity (Wildman–Crippen MR) is 66.3 cm³/mol. The van der Waals surface area contributed by atoms with Gasteiger partial charge in [-0.2, -0.15) is 0 Å². The van der Waals surface area contributed by atoms with Crippen LogP contribution in [0.3, 0.4) is 0 Å². The molecule has 0 amide bonds. The number of aryl methyl sites for hydroxylation is 1. The fraction of sp³-hybridized carbons (Fsp3) is 0.0833. The third-order valence-corrected chi connectivity index (χ3v) is 2.80. The van der Waals surface area contributed by atoms with Crippen LogP contribution in [0.15, 0.2) is 35.0 Å². The fourth-order valence-electron chi connectivity index (χ4n) is 1.96. The lowest BCUT2D eigenvalue weighted by Gasteiger charge is -1.96. The number of rotatable bonds is 1. The summed E-state index contributed by atoms with van der Waals surface area (Å²) in [6.07, 6.45) is 1.62. The van der Waals surface area contributed by atoms with Crippen molar-refractivity contribution < 1.29 is 4.42 Å². The highest BCUT2D eigenvalue weighted by atomic mass is 16.4. The average Bonchev–Trinajstić information content (AvgIpc) is 3.04. The van der Waals surface area contributed by atoms with Gasteiger partial charge in [-0.05, 0) is 12.1 Å².